The molecule has 1 saturated heterocycles. The van der Waals surface area contributed by atoms with Crippen LogP contribution in [0.25, 0.3) is 0 Å². The number of thiophene rings is 1. The molecule has 0 radical (unpaired) electrons. The molecule has 104 valence electrons. The van der Waals surface area contributed by atoms with Gasteiger partial charge in [-0.05, 0) is 18.4 Å². The molecule has 0 saturated carbocycles. The van der Waals surface area contributed by atoms with Crippen LogP contribution >= 0.6 is 11.3 Å². The molecule has 1 aliphatic rings. The molecule has 3 N–H and O–H groups in total. The maximum absolute atomic E-state index is 11.7. The average Bonchev–Trinajstić information content (AvgIpc) is 2.90. The lowest BCUT2D eigenvalue weighted by atomic mass is 10.2. The second-order valence-corrected chi connectivity index (χ2v) is 5.52. The van der Waals surface area contributed by atoms with Gasteiger partial charge in [0, 0.05) is 25.7 Å². The Morgan fingerprint density at radius 3 is 3.05 bits per heavy atom. The zero-order valence-electron chi connectivity index (χ0n) is 10.8. The van der Waals surface area contributed by atoms with Crippen LogP contribution in [0.2, 0.25) is 0 Å². The Hall–Kier alpha value is -1.44. The van der Waals surface area contributed by atoms with Crippen molar-refractivity contribution >= 4 is 23.2 Å². The predicted octanol–water partition coefficient (Wildman–Crippen LogP) is -0.197. The van der Waals surface area contributed by atoms with Crippen molar-refractivity contribution in [2.24, 2.45) is 0 Å². The topological polar surface area (TPSA) is 73.5 Å². The Labute approximate surface area is 116 Å². The molecule has 19 heavy (non-hydrogen) atoms. The van der Waals surface area contributed by atoms with Gasteiger partial charge in [-0.15, -0.1) is 11.3 Å². The van der Waals surface area contributed by atoms with E-state index in [2.05, 4.69) is 28.0 Å². The van der Waals surface area contributed by atoms with E-state index >= 15 is 0 Å². The van der Waals surface area contributed by atoms with Crippen LogP contribution in [-0.4, -0.2) is 48.9 Å². The molecule has 2 rings (SSSR count). The molecule has 0 unspecified atom stereocenters. The number of hydrogen-bond acceptors (Lipinski definition) is 5. The Kier molecular flexibility index (Phi) is 4.89. The van der Waals surface area contributed by atoms with Crippen molar-refractivity contribution in [3.63, 3.8) is 0 Å². The zero-order valence-corrected chi connectivity index (χ0v) is 11.6. The SMILES string of the molecule is C[C@@H]1CN(CC(=O)NNC(=O)c2cccs2)CCN1. The van der Waals surface area contributed by atoms with Gasteiger partial charge >= 0.3 is 0 Å². The van der Waals surface area contributed by atoms with Crippen LogP contribution in [0.3, 0.4) is 0 Å². The summed E-state index contributed by atoms with van der Waals surface area (Å²) in [5.74, 6) is -0.476. The Bertz CT molecular complexity index is 435. The highest BCUT2D eigenvalue weighted by Crippen LogP contribution is 2.07. The van der Waals surface area contributed by atoms with Crippen LogP contribution < -0.4 is 16.2 Å². The van der Waals surface area contributed by atoms with Gasteiger partial charge in [0.05, 0.1) is 11.4 Å². The number of carbonyl (C=O) groups excluding carboxylic acids is 2. The molecule has 0 aromatic carbocycles. The molecule has 1 aliphatic heterocycles. The van der Waals surface area contributed by atoms with E-state index in [1.54, 1.807) is 12.1 Å². The highest BCUT2D eigenvalue weighted by Gasteiger charge is 2.18. The number of nitrogens with zero attached hydrogens (tertiary/aromatic N) is 1. The Balaban J connectivity index is 1.71. The highest BCUT2D eigenvalue weighted by molar-refractivity contribution is 7.12. The monoisotopic (exact) mass is 282 g/mol. The van der Waals surface area contributed by atoms with Gasteiger partial charge in [0.15, 0.2) is 0 Å². The molecule has 2 amide bonds. The number of nitrogens with one attached hydrogen (secondary N) is 3. The fraction of sp³-hybridized carbons (Fsp3) is 0.500. The molecule has 1 aromatic heterocycles. The largest absolute Gasteiger partial charge is 0.312 e. The first kappa shape index (κ1) is 14.0. The minimum Gasteiger partial charge on any atom is -0.312 e. The molecule has 7 heteroatoms. The van der Waals surface area contributed by atoms with Gasteiger partial charge in [-0.2, -0.15) is 0 Å². The average molecular weight is 282 g/mol. The highest BCUT2D eigenvalue weighted by atomic mass is 32.1. The minimum atomic E-state index is -0.281. The first-order chi connectivity index (χ1) is 9.15. The van der Waals surface area contributed by atoms with Crippen molar-refractivity contribution in [1.82, 2.24) is 21.1 Å². The summed E-state index contributed by atoms with van der Waals surface area (Å²) < 4.78 is 0. The lowest BCUT2D eigenvalue weighted by molar-refractivity contribution is -0.123. The van der Waals surface area contributed by atoms with Gasteiger partial charge in [-0.3, -0.25) is 25.3 Å². The van der Waals surface area contributed by atoms with Crippen LogP contribution in [-0.2, 0) is 4.79 Å². The van der Waals surface area contributed by atoms with Crippen molar-refractivity contribution in [3.05, 3.63) is 22.4 Å². The first-order valence-electron chi connectivity index (χ1n) is 6.23. The van der Waals surface area contributed by atoms with Gasteiger partial charge in [0.1, 0.15) is 0 Å². The minimum absolute atomic E-state index is 0.195. The fourth-order valence-electron chi connectivity index (χ4n) is 1.99. The molecule has 1 atom stereocenters. The summed E-state index contributed by atoms with van der Waals surface area (Å²) in [4.78, 5) is 26.0. The Morgan fingerprint density at radius 2 is 2.37 bits per heavy atom. The van der Waals surface area contributed by atoms with E-state index in [0.717, 1.165) is 19.6 Å². The van der Waals surface area contributed by atoms with E-state index in [-0.39, 0.29) is 11.8 Å². The first-order valence-corrected chi connectivity index (χ1v) is 7.11. The van der Waals surface area contributed by atoms with E-state index in [1.165, 1.54) is 11.3 Å². The lowest BCUT2D eigenvalue weighted by Gasteiger charge is -2.31. The maximum atomic E-state index is 11.7. The van der Waals surface area contributed by atoms with E-state index < -0.39 is 0 Å². The number of rotatable bonds is 3. The van der Waals surface area contributed by atoms with Crippen LogP contribution in [0, 0.1) is 0 Å². The van der Waals surface area contributed by atoms with E-state index in [9.17, 15) is 9.59 Å². The molecule has 1 fully saturated rings. The number of carbonyl (C=O) groups is 2. The number of hydrazine groups is 1. The van der Waals surface area contributed by atoms with Crippen molar-refractivity contribution in [2.75, 3.05) is 26.2 Å². The quantitative estimate of drug-likeness (QED) is 0.672. The fourth-order valence-corrected chi connectivity index (χ4v) is 2.61. The normalized spacial score (nSPS) is 19.9. The number of hydrogen-bond donors (Lipinski definition) is 3. The van der Waals surface area contributed by atoms with E-state index in [0.29, 0.717) is 17.5 Å². The van der Waals surface area contributed by atoms with E-state index in [4.69, 9.17) is 0 Å². The molecule has 2 heterocycles. The third kappa shape index (κ3) is 4.30. The summed E-state index contributed by atoms with van der Waals surface area (Å²) in [5, 5.41) is 5.13. The van der Waals surface area contributed by atoms with Crippen molar-refractivity contribution < 1.29 is 9.59 Å². The van der Waals surface area contributed by atoms with Gasteiger partial charge in [-0.1, -0.05) is 6.07 Å². The molecular formula is C12H18N4O2S. The summed E-state index contributed by atoms with van der Waals surface area (Å²) in [5.41, 5.74) is 4.85. The second-order valence-electron chi connectivity index (χ2n) is 4.57. The summed E-state index contributed by atoms with van der Waals surface area (Å²) in [6.07, 6.45) is 0. The molecular weight excluding hydrogens is 264 g/mol. The maximum Gasteiger partial charge on any atom is 0.279 e. The van der Waals surface area contributed by atoms with E-state index in [1.807, 2.05) is 5.38 Å². The summed E-state index contributed by atoms with van der Waals surface area (Å²) in [6.45, 7) is 4.96. The van der Waals surface area contributed by atoms with Gasteiger partial charge < -0.3 is 5.32 Å². The van der Waals surface area contributed by atoms with Crippen LogP contribution in [0.4, 0.5) is 0 Å². The van der Waals surface area contributed by atoms with Gasteiger partial charge in [-0.25, -0.2) is 0 Å². The van der Waals surface area contributed by atoms with Gasteiger partial charge in [0.2, 0.25) is 0 Å². The number of piperazine rings is 1. The molecule has 0 bridgehead atoms. The summed E-state index contributed by atoms with van der Waals surface area (Å²) >= 11 is 1.34. The van der Waals surface area contributed by atoms with Crippen LogP contribution in [0.1, 0.15) is 16.6 Å². The van der Waals surface area contributed by atoms with Crippen molar-refractivity contribution in [3.8, 4) is 0 Å². The molecule has 0 aliphatic carbocycles. The van der Waals surface area contributed by atoms with Gasteiger partial charge in [0.25, 0.3) is 11.8 Å². The lowest BCUT2D eigenvalue weighted by Crippen LogP contribution is -2.53. The summed E-state index contributed by atoms with van der Waals surface area (Å²) in [7, 11) is 0. The van der Waals surface area contributed by atoms with Crippen molar-refractivity contribution in [1.29, 1.82) is 0 Å². The second kappa shape index (κ2) is 6.65. The molecule has 6 nitrogen and oxygen atoms in total. The van der Waals surface area contributed by atoms with Crippen molar-refractivity contribution in [2.45, 2.75) is 13.0 Å². The number of amides is 2. The smallest absolute Gasteiger partial charge is 0.279 e. The third-order valence-electron chi connectivity index (χ3n) is 2.88. The van der Waals surface area contributed by atoms with Crippen LogP contribution in [0.5, 0.6) is 0 Å². The molecule has 1 aromatic rings. The molecule has 0 spiro atoms. The predicted molar refractivity (Wildman–Crippen MR) is 73.8 cm³/mol. The third-order valence-corrected chi connectivity index (χ3v) is 3.75. The standard InChI is InChI=1S/C12H18N4O2S/c1-9-7-16(5-4-13-9)8-11(17)14-15-12(18)10-3-2-6-19-10/h2-3,6,9,13H,4-5,7-8H2,1H3,(H,14,17)(H,15,18)/t9-/m1/s1. The zero-order chi connectivity index (χ0) is 13.7. The van der Waals surface area contributed by atoms with Crippen LogP contribution in [0.15, 0.2) is 17.5 Å². The summed E-state index contributed by atoms with van der Waals surface area (Å²) in [6, 6.07) is 3.90. The Morgan fingerprint density at radius 1 is 1.53 bits per heavy atom.